The van der Waals surface area contributed by atoms with Crippen molar-refractivity contribution >= 4 is 46.0 Å². The number of hydrogen-bond acceptors (Lipinski definition) is 4. The zero-order valence-corrected chi connectivity index (χ0v) is 17.6. The Balaban J connectivity index is 1.47. The van der Waals surface area contributed by atoms with Gasteiger partial charge in [0.15, 0.2) is 10.2 Å². The van der Waals surface area contributed by atoms with Crippen LogP contribution in [0.15, 0.2) is 48.5 Å². The van der Waals surface area contributed by atoms with Gasteiger partial charge >= 0.3 is 0 Å². The molecule has 0 saturated carbocycles. The number of nitrogens with one attached hydrogen (secondary N) is 2. The van der Waals surface area contributed by atoms with Crippen LogP contribution in [0.3, 0.4) is 0 Å². The first kappa shape index (κ1) is 20.2. The number of rotatable bonds is 4. The van der Waals surface area contributed by atoms with Gasteiger partial charge in [-0.1, -0.05) is 0 Å². The average Bonchev–Trinajstić information content (AvgIpc) is 2.75. The minimum atomic E-state index is 0.721. The highest BCUT2D eigenvalue weighted by molar-refractivity contribution is 7.80. The molecule has 0 bridgehead atoms. The lowest BCUT2D eigenvalue weighted by Crippen LogP contribution is -2.52. The standard InChI is InChI=1S/C20H24N4O2S2/c1-25-17-7-3-15(4-8-17)21-19(27)23-11-13-24(14-12-23)20(28)22-16-5-9-18(26-2)10-6-16/h3-10H,11-14H2,1-2H3,(H,21,27)(H,22,28). The maximum atomic E-state index is 5.55. The van der Waals surface area contributed by atoms with Gasteiger partial charge < -0.3 is 29.9 Å². The minimum absolute atomic E-state index is 0.721. The molecule has 0 aromatic heterocycles. The number of ether oxygens (including phenoxy) is 2. The van der Waals surface area contributed by atoms with E-state index in [1.165, 1.54) is 0 Å². The summed E-state index contributed by atoms with van der Waals surface area (Å²) in [6, 6.07) is 15.5. The van der Waals surface area contributed by atoms with Crippen LogP contribution in [-0.4, -0.2) is 60.4 Å². The molecule has 1 aliphatic heterocycles. The van der Waals surface area contributed by atoms with Crippen molar-refractivity contribution < 1.29 is 9.47 Å². The van der Waals surface area contributed by atoms with E-state index in [0.717, 1.165) is 59.3 Å². The molecule has 2 aromatic carbocycles. The highest BCUT2D eigenvalue weighted by Crippen LogP contribution is 2.17. The molecular weight excluding hydrogens is 392 g/mol. The summed E-state index contributed by atoms with van der Waals surface area (Å²) < 4.78 is 10.4. The SMILES string of the molecule is COc1ccc(NC(=S)N2CCN(C(=S)Nc3ccc(OC)cc3)CC2)cc1. The van der Waals surface area contributed by atoms with Crippen LogP contribution in [0.5, 0.6) is 11.5 Å². The van der Waals surface area contributed by atoms with Gasteiger partial charge in [-0.2, -0.15) is 0 Å². The monoisotopic (exact) mass is 416 g/mol. The smallest absolute Gasteiger partial charge is 0.173 e. The van der Waals surface area contributed by atoms with Crippen molar-refractivity contribution in [3.8, 4) is 11.5 Å². The van der Waals surface area contributed by atoms with Crippen molar-refractivity contribution in [2.75, 3.05) is 51.0 Å². The fraction of sp³-hybridized carbons (Fsp3) is 0.300. The Morgan fingerprint density at radius 1 is 0.679 bits per heavy atom. The summed E-state index contributed by atoms with van der Waals surface area (Å²) in [5.41, 5.74) is 1.90. The predicted octanol–water partition coefficient (Wildman–Crippen LogP) is 3.42. The van der Waals surface area contributed by atoms with Crippen LogP contribution in [0.25, 0.3) is 0 Å². The summed E-state index contributed by atoms with van der Waals surface area (Å²) in [6.07, 6.45) is 0. The van der Waals surface area contributed by atoms with Gasteiger partial charge in [-0.05, 0) is 73.0 Å². The number of methoxy groups -OCH3 is 2. The van der Waals surface area contributed by atoms with Crippen LogP contribution < -0.4 is 20.1 Å². The number of piperazine rings is 1. The molecule has 1 aliphatic rings. The number of nitrogens with zero attached hydrogens (tertiary/aromatic N) is 2. The molecule has 6 nitrogen and oxygen atoms in total. The topological polar surface area (TPSA) is 49.0 Å². The summed E-state index contributed by atoms with van der Waals surface area (Å²) in [7, 11) is 3.31. The summed E-state index contributed by atoms with van der Waals surface area (Å²) in [6.45, 7) is 3.25. The molecular formula is C20H24N4O2S2. The van der Waals surface area contributed by atoms with E-state index in [9.17, 15) is 0 Å². The van der Waals surface area contributed by atoms with Crippen LogP contribution >= 0.6 is 24.4 Å². The van der Waals surface area contributed by atoms with Crippen LogP contribution in [0.2, 0.25) is 0 Å². The van der Waals surface area contributed by atoms with Crippen LogP contribution in [0, 0.1) is 0 Å². The van der Waals surface area contributed by atoms with Gasteiger partial charge in [0.05, 0.1) is 14.2 Å². The summed E-state index contributed by atoms with van der Waals surface area (Å²) in [5.74, 6) is 1.64. The zero-order chi connectivity index (χ0) is 19.9. The van der Waals surface area contributed by atoms with Gasteiger partial charge in [0.1, 0.15) is 11.5 Å². The fourth-order valence-corrected chi connectivity index (χ4v) is 3.47. The number of hydrogen-bond donors (Lipinski definition) is 2. The molecule has 2 aromatic rings. The molecule has 3 rings (SSSR count). The van der Waals surface area contributed by atoms with Crippen molar-refractivity contribution in [2.45, 2.75) is 0 Å². The van der Waals surface area contributed by atoms with Gasteiger partial charge in [-0.25, -0.2) is 0 Å². The second kappa shape index (κ2) is 9.57. The first-order valence-electron chi connectivity index (χ1n) is 8.99. The summed E-state index contributed by atoms with van der Waals surface area (Å²) in [4.78, 5) is 4.32. The Morgan fingerprint density at radius 2 is 1.00 bits per heavy atom. The highest BCUT2D eigenvalue weighted by atomic mass is 32.1. The van der Waals surface area contributed by atoms with Crippen molar-refractivity contribution in [2.24, 2.45) is 0 Å². The second-order valence-electron chi connectivity index (χ2n) is 6.29. The largest absolute Gasteiger partial charge is 0.497 e. The van der Waals surface area contributed by atoms with Gasteiger partial charge in [0.2, 0.25) is 0 Å². The van der Waals surface area contributed by atoms with Crippen LogP contribution in [0.1, 0.15) is 0 Å². The molecule has 0 spiro atoms. The van der Waals surface area contributed by atoms with Crippen LogP contribution in [0.4, 0.5) is 11.4 Å². The van der Waals surface area contributed by atoms with Gasteiger partial charge in [-0.15, -0.1) is 0 Å². The molecule has 1 saturated heterocycles. The van der Waals surface area contributed by atoms with E-state index >= 15 is 0 Å². The maximum Gasteiger partial charge on any atom is 0.173 e. The molecule has 0 radical (unpaired) electrons. The number of benzene rings is 2. The van der Waals surface area contributed by atoms with Crippen molar-refractivity contribution in [3.63, 3.8) is 0 Å². The second-order valence-corrected chi connectivity index (χ2v) is 7.06. The molecule has 1 heterocycles. The first-order valence-corrected chi connectivity index (χ1v) is 9.80. The first-order chi connectivity index (χ1) is 13.6. The van der Waals surface area contributed by atoms with Crippen LogP contribution in [-0.2, 0) is 0 Å². The molecule has 2 N–H and O–H groups in total. The normalized spacial score (nSPS) is 13.6. The lowest BCUT2D eigenvalue weighted by Gasteiger charge is -2.37. The van der Waals surface area contributed by atoms with Gasteiger partial charge in [-0.3, -0.25) is 0 Å². The Labute approximate surface area is 176 Å². The van der Waals surface area contributed by atoms with E-state index in [4.69, 9.17) is 33.9 Å². The molecule has 0 atom stereocenters. The van der Waals surface area contributed by atoms with E-state index in [1.807, 2.05) is 48.5 Å². The summed E-state index contributed by atoms with van der Waals surface area (Å²) >= 11 is 11.1. The number of thiocarbonyl (C=S) groups is 2. The predicted molar refractivity (Wildman–Crippen MR) is 122 cm³/mol. The fourth-order valence-electron chi connectivity index (χ4n) is 2.87. The molecule has 148 valence electrons. The third kappa shape index (κ3) is 5.24. The molecule has 8 heteroatoms. The molecule has 0 aliphatic carbocycles. The zero-order valence-electron chi connectivity index (χ0n) is 16.0. The Bertz CT molecular complexity index is 734. The minimum Gasteiger partial charge on any atom is -0.497 e. The summed E-state index contributed by atoms with van der Waals surface area (Å²) in [5, 5.41) is 8.00. The molecule has 0 unspecified atom stereocenters. The van der Waals surface area contributed by atoms with E-state index in [0.29, 0.717) is 0 Å². The van der Waals surface area contributed by atoms with Crippen molar-refractivity contribution in [1.29, 1.82) is 0 Å². The van der Waals surface area contributed by atoms with Crippen molar-refractivity contribution in [1.82, 2.24) is 9.80 Å². The molecule has 0 amide bonds. The Kier molecular flexibility index (Phi) is 6.89. The average molecular weight is 417 g/mol. The highest BCUT2D eigenvalue weighted by Gasteiger charge is 2.20. The van der Waals surface area contributed by atoms with E-state index < -0.39 is 0 Å². The van der Waals surface area contributed by atoms with Gasteiger partial charge in [0, 0.05) is 37.6 Å². The maximum absolute atomic E-state index is 5.55. The number of anilines is 2. The third-order valence-corrected chi connectivity index (χ3v) is 5.26. The Morgan fingerprint density at radius 3 is 1.29 bits per heavy atom. The quantitative estimate of drug-likeness (QED) is 0.736. The Hall–Kier alpha value is -2.58. The van der Waals surface area contributed by atoms with E-state index in [1.54, 1.807) is 14.2 Å². The van der Waals surface area contributed by atoms with Crippen molar-refractivity contribution in [3.05, 3.63) is 48.5 Å². The third-order valence-electron chi connectivity index (χ3n) is 4.54. The molecule has 1 fully saturated rings. The van der Waals surface area contributed by atoms with E-state index in [2.05, 4.69) is 20.4 Å². The molecule has 28 heavy (non-hydrogen) atoms. The lowest BCUT2D eigenvalue weighted by molar-refractivity contribution is 0.264. The van der Waals surface area contributed by atoms with Gasteiger partial charge in [0.25, 0.3) is 0 Å². The lowest BCUT2D eigenvalue weighted by atomic mass is 10.3. The van der Waals surface area contributed by atoms with E-state index in [-0.39, 0.29) is 0 Å².